The third-order valence-corrected chi connectivity index (χ3v) is 3.49. The molecule has 0 bridgehead atoms. The van der Waals surface area contributed by atoms with E-state index < -0.39 is 0 Å². The molecule has 90 valence electrons. The van der Waals surface area contributed by atoms with E-state index in [-0.39, 0.29) is 0 Å². The Morgan fingerprint density at radius 3 is 2.50 bits per heavy atom. The SMILES string of the molecule is Cc1cc(C#N)nc(Nc2c(Br)cccc2Br)n1. The van der Waals surface area contributed by atoms with Crippen molar-refractivity contribution in [1.82, 2.24) is 9.97 Å². The van der Waals surface area contributed by atoms with Crippen LogP contribution in [0.1, 0.15) is 11.4 Å². The number of rotatable bonds is 2. The molecule has 1 aromatic carbocycles. The van der Waals surface area contributed by atoms with Gasteiger partial charge in [0.1, 0.15) is 11.8 Å². The average Bonchev–Trinajstić information content (AvgIpc) is 2.33. The van der Waals surface area contributed by atoms with Crippen molar-refractivity contribution in [1.29, 1.82) is 5.26 Å². The molecule has 0 radical (unpaired) electrons. The fraction of sp³-hybridized carbons (Fsp3) is 0.0833. The predicted molar refractivity (Wildman–Crippen MR) is 76.6 cm³/mol. The van der Waals surface area contributed by atoms with Crippen LogP contribution in [0, 0.1) is 18.3 Å². The van der Waals surface area contributed by atoms with Crippen molar-refractivity contribution in [3.8, 4) is 6.07 Å². The minimum absolute atomic E-state index is 0.341. The number of anilines is 2. The first-order chi connectivity index (χ1) is 8.60. The summed E-state index contributed by atoms with van der Waals surface area (Å²) in [5.74, 6) is 0.402. The second-order valence-electron chi connectivity index (χ2n) is 3.55. The lowest BCUT2D eigenvalue weighted by atomic mass is 10.3. The zero-order valence-corrected chi connectivity index (χ0v) is 12.6. The zero-order chi connectivity index (χ0) is 13.1. The lowest BCUT2D eigenvalue weighted by Gasteiger charge is -2.09. The molecule has 1 aromatic heterocycles. The lowest BCUT2D eigenvalue weighted by Crippen LogP contribution is -2.01. The van der Waals surface area contributed by atoms with Gasteiger partial charge in [-0.15, -0.1) is 0 Å². The molecule has 0 amide bonds. The van der Waals surface area contributed by atoms with Gasteiger partial charge in [-0.2, -0.15) is 5.26 Å². The van der Waals surface area contributed by atoms with Crippen molar-refractivity contribution in [2.45, 2.75) is 6.92 Å². The normalized spacial score (nSPS) is 9.89. The fourth-order valence-electron chi connectivity index (χ4n) is 1.41. The van der Waals surface area contributed by atoms with E-state index in [1.165, 1.54) is 0 Å². The Bertz CT molecular complexity index is 614. The molecule has 0 unspecified atom stereocenters. The van der Waals surface area contributed by atoms with Crippen molar-refractivity contribution in [3.05, 3.63) is 44.6 Å². The molecule has 0 saturated heterocycles. The number of benzene rings is 1. The van der Waals surface area contributed by atoms with Crippen molar-refractivity contribution < 1.29 is 0 Å². The van der Waals surface area contributed by atoms with Crippen molar-refractivity contribution in [2.75, 3.05) is 5.32 Å². The summed E-state index contributed by atoms with van der Waals surface area (Å²) >= 11 is 6.89. The number of hydrogen-bond donors (Lipinski definition) is 1. The van der Waals surface area contributed by atoms with Crippen LogP contribution in [-0.4, -0.2) is 9.97 Å². The van der Waals surface area contributed by atoms with Gasteiger partial charge in [-0.05, 0) is 57.0 Å². The molecule has 1 N–H and O–H groups in total. The van der Waals surface area contributed by atoms with Gasteiger partial charge in [-0.3, -0.25) is 0 Å². The summed E-state index contributed by atoms with van der Waals surface area (Å²) in [6.07, 6.45) is 0. The topological polar surface area (TPSA) is 61.6 Å². The Balaban J connectivity index is 2.40. The van der Waals surface area contributed by atoms with Crippen LogP contribution in [0.2, 0.25) is 0 Å². The third-order valence-electron chi connectivity index (χ3n) is 2.17. The van der Waals surface area contributed by atoms with E-state index in [0.29, 0.717) is 11.6 Å². The molecule has 0 aliphatic heterocycles. The van der Waals surface area contributed by atoms with Crippen LogP contribution in [0.5, 0.6) is 0 Å². The van der Waals surface area contributed by atoms with E-state index in [4.69, 9.17) is 5.26 Å². The summed E-state index contributed by atoms with van der Waals surface area (Å²) in [7, 11) is 0. The number of para-hydroxylation sites is 1. The van der Waals surface area contributed by atoms with Gasteiger partial charge in [0.05, 0.1) is 5.69 Å². The van der Waals surface area contributed by atoms with E-state index in [1.807, 2.05) is 31.2 Å². The average molecular weight is 368 g/mol. The lowest BCUT2D eigenvalue weighted by molar-refractivity contribution is 1.08. The third kappa shape index (κ3) is 2.86. The fourth-order valence-corrected chi connectivity index (χ4v) is 2.61. The largest absolute Gasteiger partial charge is 0.322 e. The number of halogens is 2. The highest BCUT2D eigenvalue weighted by atomic mass is 79.9. The molecule has 0 aliphatic carbocycles. The van der Waals surface area contributed by atoms with Crippen molar-refractivity contribution in [3.63, 3.8) is 0 Å². The standard InChI is InChI=1S/C12H8Br2N4/c1-7-5-8(6-15)17-12(16-7)18-11-9(13)3-2-4-10(11)14/h2-5H,1H3,(H,16,17,18). The Kier molecular flexibility index (Phi) is 3.94. The van der Waals surface area contributed by atoms with Crippen LogP contribution in [0.4, 0.5) is 11.6 Å². The molecule has 0 aliphatic rings. The minimum atomic E-state index is 0.341. The number of aromatic nitrogens is 2. The van der Waals surface area contributed by atoms with E-state index in [9.17, 15) is 0 Å². The Morgan fingerprint density at radius 2 is 1.89 bits per heavy atom. The van der Waals surface area contributed by atoms with Gasteiger partial charge in [0.15, 0.2) is 0 Å². The first-order valence-electron chi connectivity index (χ1n) is 5.07. The number of hydrogen-bond acceptors (Lipinski definition) is 4. The number of aryl methyl sites for hydroxylation is 1. The first-order valence-corrected chi connectivity index (χ1v) is 6.65. The van der Waals surface area contributed by atoms with Gasteiger partial charge >= 0.3 is 0 Å². The summed E-state index contributed by atoms with van der Waals surface area (Å²) in [4.78, 5) is 8.35. The maximum atomic E-state index is 8.88. The molecule has 2 aromatic rings. The molecule has 6 heteroatoms. The van der Waals surface area contributed by atoms with Crippen molar-refractivity contribution >= 4 is 43.5 Å². The van der Waals surface area contributed by atoms with E-state index in [2.05, 4.69) is 47.1 Å². The van der Waals surface area contributed by atoms with Crippen LogP contribution in [0.3, 0.4) is 0 Å². The van der Waals surface area contributed by atoms with Gasteiger partial charge in [0.25, 0.3) is 0 Å². The van der Waals surface area contributed by atoms with Gasteiger partial charge in [0.2, 0.25) is 5.95 Å². The zero-order valence-electron chi connectivity index (χ0n) is 9.41. The van der Waals surface area contributed by atoms with Crippen LogP contribution in [-0.2, 0) is 0 Å². The quantitative estimate of drug-likeness (QED) is 0.873. The second-order valence-corrected chi connectivity index (χ2v) is 5.26. The Labute approximate surface area is 121 Å². The van der Waals surface area contributed by atoms with Crippen LogP contribution in [0.15, 0.2) is 33.2 Å². The molecule has 2 rings (SSSR count). The van der Waals surface area contributed by atoms with Crippen molar-refractivity contribution in [2.24, 2.45) is 0 Å². The smallest absolute Gasteiger partial charge is 0.228 e. The minimum Gasteiger partial charge on any atom is -0.322 e. The van der Waals surface area contributed by atoms with Crippen LogP contribution < -0.4 is 5.32 Å². The molecule has 18 heavy (non-hydrogen) atoms. The highest BCUT2D eigenvalue weighted by molar-refractivity contribution is 9.11. The second kappa shape index (κ2) is 5.46. The van der Waals surface area contributed by atoms with E-state index in [1.54, 1.807) is 6.07 Å². The highest BCUT2D eigenvalue weighted by Crippen LogP contribution is 2.32. The predicted octanol–water partition coefficient (Wildman–Crippen LogP) is 3.93. The molecular formula is C12H8Br2N4. The number of nitrogens with one attached hydrogen (secondary N) is 1. The molecule has 1 heterocycles. The molecular weight excluding hydrogens is 360 g/mol. The van der Waals surface area contributed by atoms with Crippen LogP contribution >= 0.6 is 31.9 Å². The Morgan fingerprint density at radius 1 is 1.22 bits per heavy atom. The highest BCUT2D eigenvalue weighted by Gasteiger charge is 2.07. The van der Waals surface area contributed by atoms with Crippen LogP contribution in [0.25, 0.3) is 0 Å². The monoisotopic (exact) mass is 366 g/mol. The maximum absolute atomic E-state index is 8.88. The van der Waals surface area contributed by atoms with Gasteiger partial charge < -0.3 is 5.32 Å². The maximum Gasteiger partial charge on any atom is 0.228 e. The molecule has 0 saturated carbocycles. The first kappa shape index (κ1) is 13.0. The van der Waals surface area contributed by atoms with E-state index in [0.717, 1.165) is 20.3 Å². The summed E-state index contributed by atoms with van der Waals surface area (Å²) in [6, 6.07) is 9.38. The van der Waals surface area contributed by atoms with E-state index >= 15 is 0 Å². The summed E-state index contributed by atoms with van der Waals surface area (Å²) < 4.78 is 1.78. The molecule has 4 nitrogen and oxygen atoms in total. The molecule has 0 spiro atoms. The van der Waals surface area contributed by atoms with Gasteiger partial charge in [-0.1, -0.05) is 6.07 Å². The van der Waals surface area contributed by atoms with Gasteiger partial charge in [-0.25, -0.2) is 9.97 Å². The summed E-state index contributed by atoms with van der Waals surface area (Å²) in [6.45, 7) is 1.82. The summed E-state index contributed by atoms with van der Waals surface area (Å²) in [5, 5.41) is 12.0. The summed E-state index contributed by atoms with van der Waals surface area (Å²) in [5.41, 5.74) is 1.91. The number of nitrogens with zero attached hydrogens (tertiary/aromatic N) is 3. The van der Waals surface area contributed by atoms with Gasteiger partial charge in [0, 0.05) is 14.6 Å². The number of nitriles is 1. The molecule has 0 atom stereocenters. The molecule has 0 fully saturated rings. The Hall–Kier alpha value is -1.45.